The van der Waals surface area contributed by atoms with Crippen molar-refractivity contribution in [2.75, 3.05) is 0 Å². The third-order valence-corrected chi connectivity index (χ3v) is 2.37. The van der Waals surface area contributed by atoms with Crippen LogP contribution in [0.15, 0.2) is 30.3 Å². The first kappa shape index (κ1) is 7.15. The van der Waals surface area contributed by atoms with E-state index in [1.807, 2.05) is 30.3 Å². The van der Waals surface area contributed by atoms with Crippen LogP contribution < -0.4 is 3.07 Å². The molecule has 0 aliphatic heterocycles. The molecule has 0 N–H and O–H groups in total. The van der Waals surface area contributed by atoms with E-state index < -0.39 is 19.6 Å². The van der Waals surface area contributed by atoms with Gasteiger partial charge in [-0.3, -0.25) is 0 Å². The van der Waals surface area contributed by atoms with E-state index in [1.165, 1.54) is 0 Å². The molecule has 0 saturated heterocycles. The molecule has 0 spiro atoms. The first-order valence-corrected chi connectivity index (χ1v) is 7.59. The van der Waals surface area contributed by atoms with Crippen molar-refractivity contribution in [1.82, 2.24) is 0 Å². The molecule has 1 aromatic carbocycles. The van der Waals surface area contributed by atoms with Gasteiger partial charge in [-0.05, 0) is 0 Å². The van der Waals surface area contributed by atoms with Crippen LogP contribution in [-0.4, -0.2) is 19.6 Å². The zero-order valence-corrected chi connectivity index (χ0v) is 8.37. The Morgan fingerprint density at radius 2 is 1.89 bits per heavy atom. The van der Waals surface area contributed by atoms with E-state index >= 15 is 0 Å². The van der Waals surface area contributed by atoms with Crippen molar-refractivity contribution < 1.29 is 3.07 Å². The van der Waals surface area contributed by atoms with E-state index in [-0.39, 0.29) is 0 Å². The second-order valence-electron chi connectivity index (χ2n) is 1.50. The SMILES string of the molecule is [S]=[Sn][O]c1ccccc1. The third kappa shape index (κ3) is 2.41. The molecule has 45 valence electrons. The number of rotatable bonds is 2. The van der Waals surface area contributed by atoms with Crippen LogP contribution in [0.1, 0.15) is 0 Å². The van der Waals surface area contributed by atoms with Crippen molar-refractivity contribution in [3.8, 4) is 5.75 Å². The first-order valence-electron chi connectivity index (χ1n) is 2.52. The predicted octanol–water partition coefficient (Wildman–Crippen LogP) is 1.80. The van der Waals surface area contributed by atoms with Crippen LogP contribution >= 0.6 is 9.29 Å². The Kier molecular flexibility index (Phi) is 3.14. The normalized spacial score (nSPS) is 8.44. The first-order chi connectivity index (χ1) is 4.43. The van der Waals surface area contributed by atoms with Gasteiger partial charge >= 0.3 is 68.1 Å². The Morgan fingerprint density at radius 3 is 2.44 bits per heavy atom. The van der Waals surface area contributed by atoms with E-state index in [9.17, 15) is 0 Å². The summed E-state index contributed by atoms with van der Waals surface area (Å²) in [5.74, 6) is 0.916. The van der Waals surface area contributed by atoms with E-state index in [0.717, 1.165) is 5.75 Å². The summed E-state index contributed by atoms with van der Waals surface area (Å²) in [6.45, 7) is 0. The van der Waals surface area contributed by atoms with Crippen LogP contribution in [-0.2, 0) is 0 Å². The zero-order valence-electron chi connectivity index (χ0n) is 4.70. The minimum absolute atomic E-state index is 0.916. The summed E-state index contributed by atoms with van der Waals surface area (Å²) in [5.41, 5.74) is 0. The maximum absolute atomic E-state index is 5.19. The van der Waals surface area contributed by atoms with Gasteiger partial charge in [-0.1, -0.05) is 0 Å². The number of hydrogen-bond donors (Lipinski definition) is 0. The van der Waals surface area contributed by atoms with Crippen molar-refractivity contribution >= 4 is 28.9 Å². The molecule has 0 aliphatic rings. The van der Waals surface area contributed by atoms with Crippen molar-refractivity contribution in [2.45, 2.75) is 0 Å². The molecule has 0 fully saturated rings. The van der Waals surface area contributed by atoms with Crippen LogP contribution in [0, 0.1) is 0 Å². The van der Waals surface area contributed by atoms with Gasteiger partial charge in [-0.2, -0.15) is 0 Å². The van der Waals surface area contributed by atoms with Gasteiger partial charge in [0.05, 0.1) is 0 Å². The molecule has 0 heterocycles. The number of hydrogen-bond acceptors (Lipinski definition) is 2. The monoisotopic (exact) mass is 245 g/mol. The van der Waals surface area contributed by atoms with E-state index in [1.54, 1.807) is 0 Å². The Morgan fingerprint density at radius 1 is 1.22 bits per heavy atom. The second kappa shape index (κ2) is 3.95. The molecule has 0 saturated carbocycles. The predicted molar refractivity (Wildman–Crippen MR) is 40.4 cm³/mol. The standard InChI is InChI=1S/C6H6O.S.Sn/c7-6-4-2-1-3-5-6;;/h1-5,7H;;/q;;+1/p-1. The average Bonchev–Trinajstić information content (AvgIpc) is 1.91. The van der Waals surface area contributed by atoms with E-state index in [4.69, 9.17) is 12.4 Å². The van der Waals surface area contributed by atoms with Gasteiger partial charge in [0.25, 0.3) is 0 Å². The zero-order chi connectivity index (χ0) is 6.53. The number of benzene rings is 1. The Hall–Kier alpha value is 0.0387. The van der Waals surface area contributed by atoms with Gasteiger partial charge in [-0.15, -0.1) is 0 Å². The van der Waals surface area contributed by atoms with Gasteiger partial charge in [0, 0.05) is 0 Å². The molecule has 0 aliphatic carbocycles. The van der Waals surface area contributed by atoms with Crippen LogP contribution in [0.25, 0.3) is 0 Å². The summed E-state index contributed by atoms with van der Waals surface area (Å²) < 4.78 is 5.19. The van der Waals surface area contributed by atoms with E-state index in [0.29, 0.717) is 0 Å². The number of para-hydroxylation sites is 1. The molecular weight excluding hydrogens is 239 g/mol. The topological polar surface area (TPSA) is 9.23 Å². The van der Waals surface area contributed by atoms with Crippen molar-refractivity contribution in [3.63, 3.8) is 0 Å². The molecule has 3 heteroatoms. The van der Waals surface area contributed by atoms with Crippen LogP contribution in [0.3, 0.4) is 0 Å². The fraction of sp³-hybridized carbons (Fsp3) is 0. The van der Waals surface area contributed by atoms with Gasteiger partial charge in [0.15, 0.2) is 0 Å². The van der Waals surface area contributed by atoms with Crippen molar-refractivity contribution in [1.29, 1.82) is 0 Å². The van der Waals surface area contributed by atoms with Gasteiger partial charge in [-0.25, -0.2) is 0 Å². The van der Waals surface area contributed by atoms with Gasteiger partial charge in [0.1, 0.15) is 0 Å². The van der Waals surface area contributed by atoms with Crippen LogP contribution in [0.5, 0.6) is 5.75 Å². The minimum atomic E-state index is -0.930. The summed E-state index contributed by atoms with van der Waals surface area (Å²) in [4.78, 5) is 0. The van der Waals surface area contributed by atoms with Gasteiger partial charge in [0.2, 0.25) is 0 Å². The average molecular weight is 244 g/mol. The molecule has 0 atom stereocenters. The Bertz CT molecular complexity index is 188. The molecule has 9 heavy (non-hydrogen) atoms. The molecule has 0 amide bonds. The molecular formula is C6H5OSSn. The molecule has 1 aromatic rings. The van der Waals surface area contributed by atoms with Crippen LogP contribution in [0.4, 0.5) is 0 Å². The summed E-state index contributed by atoms with van der Waals surface area (Å²) in [6, 6.07) is 9.70. The molecule has 1 rings (SSSR count). The summed E-state index contributed by atoms with van der Waals surface area (Å²) >= 11 is -0.930. The molecule has 1 radical (unpaired) electrons. The fourth-order valence-electron chi connectivity index (χ4n) is 0.537. The van der Waals surface area contributed by atoms with E-state index in [2.05, 4.69) is 0 Å². The molecule has 1 nitrogen and oxygen atoms in total. The molecule has 0 aromatic heterocycles. The summed E-state index contributed by atoms with van der Waals surface area (Å²) in [6.07, 6.45) is 0. The summed E-state index contributed by atoms with van der Waals surface area (Å²) in [5, 5.41) is 0. The Balaban J connectivity index is 2.72. The molecule has 0 unspecified atom stereocenters. The van der Waals surface area contributed by atoms with Crippen molar-refractivity contribution in [2.24, 2.45) is 0 Å². The van der Waals surface area contributed by atoms with Crippen molar-refractivity contribution in [3.05, 3.63) is 30.3 Å². The summed E-state index contributed by atoms with van der Waals surface area (Å²) in [7, 11) is 4.78. The molecule has 0 bridgehead atoms. The quantitative estimate of drug-likeness (QED) is 0.733. The van der Waals surface area contributed by atoms with Gasteiger partial charge < -0.3 is 0 Å². The Labute approximate surface area is 68.0 Å². The third-order valence-electron chi connectivity index (χ3n) is 0.903. The maximum atomic E-state index is 5.19. The second-order valence-corrected chi connectivity index (χ2v) is 3.67. The fourth-order valence-corrected chi connectivity index (χ4v) is 1.85. The van der Waals surface area contributed by atoms with Crippen LogP contribution in [0.2, 0.25) is 0 Å².